The minimum atomic E-state index is -4.57. The molecule has 0 fully saturated rings. The molecule has 0 unspecified atom stereocenters. The number of hydrogen-bond donors (Lipinski definition) is 1. The number of amides is 1. The molecule has 1 amide bonds. The van der Waals surface area contributed by atoms with Crippen molar-refractivity contribution in [1.29, 1.82) is 0 Å². The predicted molar refractivity (Wildman–Crippen MR) is 102 cm³/mol. The van der Waals surface area contributed by atoms with Crippen LogP contribution in [0.5, 0.6) is 0 Å². The molecule has 0 aliphatic heterocycles. The van der Waals surface area contributed by atoms with E-state index < -0.39 is 17.6 Å². The standard InChI is InChI=1S/C22H19F3N2O/c1-15-18(9-5-12-26-15)17-7-4-6-16(14-17)11-13-27-21(28)19-8-2-3-10-20(19)22(23,24)25/h2-10,12,14H,11,13H2,1H3,(H,27,28). The van der Waals surface area contributed by atoms with Crippen molar-refractivity contribution in [3.8, 4) is 11.1 Å². The van der Waals surface area contributed by atoms with E-state index in [-0.39, 0.29) is 12.1 Å². The van der Waals surface area contributed by atoms with Gasteiger partial charge in [-0.1, -0.05) is 42.5 Å². The van der Waals surface area contributed by atoms with E-state index in [1.165, 1.54) is 18.2 Å². The van der Waals surface area contributed by atoms with E-state index in [0.717, 1.165) is 28.5 Å². The molecule has 6 heteroatoms. The number of carbonyl (C=O) groups is 1. The molecule has 1 N–H and O–H groups in total. The highest BCUT2D eigenvalue weighted by Crippen LogP contribution is 2.31. The molecule has 1 aromatic heterocycles. The molecule has 2 aromatic carbocycles. The first-order chi connectivity index (χ1) is 13.4. The first-order valence-electron chi connectivity index (χ1n) is 8.81. The average molecular weight is 384 g/mol. The Hall–Kier alpha value is -3.15. The summed E-state index contributed by atoms with van der Waals surface area (Å²) in [6.45, 7) is 2.17. The smallest absolute Gasteiger partial charge is 0.352 e. The van der Waals surface area contributed by atoms with Crippen LogP contribution >= 0.6 is 0 Å². The Morgan fingerprint density at radius 3 is 2.57 bits per heavy atom. The van der Waals surface area contributed by atoms with Crippen molar-refractivity contribution in [1.82, 2.24) is 10.3 Å². The molecule has 3 nitrogen and oxygen atoms in total. The molecule has 0 atom stereocenters. The van der Waals surface area contributed by atoms with Crippen LogP contribution in [0.3, 0.4) is 0 Å². The van der Waals surface area contributed by atoms with E-state index in [4.69, 9.17) is 0 Å². The van der Waals surface area contributed by atoms with Crippen LogP contribution in [-0.4, -0.2) is 17.4 Å². The molecule has 0 saturated carbocycles. The lowest BCUT2D eigenvalue weighted by Crippen LogP contribution is -2.28. The number of aromatic nitrogens is 1. The van der Waals surface area contributed by atoms with Gasteiger partial charge in [-0.05, 0) is 42.7 Å². The number of nitrogens with one attached hydrogen (secondary N) is 1. The molecular formula is C22H19F3N2O. The maximum absolute atomic E-state index is 13.0. The second-order valence-electron chi connectivity index (χ2n) is 6.39. The Labute approximate surface area is 161 Å². The van der Waals surface area contributed by atoms with Gasteiger partial charge >= 0.3 is 6.18 Å². The molecule has 3 aromatic rings. The van der Waals surface area contributed by atoms with E-state index in [1.54, 1.807) is 6.20 Å². The van der Waals surface area contributed by atoms with Crippen molar-refractivity contribution in [3.05, 3.63) is 89.2 Å². The number of rotatable bonds is 5. The Morgan fingerprint density at radius 1 is 1.04 bits per heavy atom. The van der Waals surface area contributed by atoms with E-state index in [0.29, 0.717) is 6.42 Å². The van der Waals surface area contributed by atoms with Gasteiger partial charge in [0.1, 0.15) is 0 Å². The largest absolute Gasteiger partial charge is 0.417 e. The molecular weight excluding hydrogens is 365 g/mol. The van der Waals surface area contributed by atoms with Crippen molar-refractivity contribution in [2.75, 3.05) is 6.54 Å². The van der Waals surface area contributed by atoms with Crippen LogP contribution in [0.25, 0.3) is 11.1 Å². The minimum Gasteiger partial charge on any atom is -0.352 e. The molecule has 144 valence electrons. The third-order valence-electron chi connectivity index (χ3n) is 4.42. The Bertz CT molecular complexity index is 983. The molecule has 0 bridgehead atoms. The van der Waals surface area contributed by atoms with Crippen LogP contribution in [0.2, 0.25) is 0 Å². The van der Waals surface area contributed by atoms with Crippen molar-refractivity contribution >= 4 is 5.91 Å². The molecule has 0 radical (unpaired) electrons. The number of carbonyl (C=O) groups excluding carboxylic acids is 1. The van der Waals surface area contributed by atoms with E-state index in [1.807, 2.05) is 43.3 Å². The molecule has 0 aliphatic rings. The number of pyridine rings is 1. The summed E-state index contributed by atoms with van der Waals surface area (Å²) in [5.41, 5.74) is 2.63. The highest BCUT2D eigenvalue weighted by Gasteiger charge is 2.34. The van der Waals surface area contributed by atoms with Gasteiger partial charge in [-0.2, -0.15) is 13.2 Å². The van der Waals surface area contributed by atoms with Gasteiger partial charge in [0.2, 0.25) is 0 Å². The van der Waals surface area contributed by atoms with Crippen LogP contribution in [0, 0.1) is 6.92 Å². The zero-order valence-corrected chi connectivity index (χ0v) is 15.3. The van der Waals surface area contributed by atoms with Gasteiger partial charge in [-0.3, -0.25) is 9.78 Å². The van der Waals surface area contributed by atoms with Crippen LogP contribution in [0.15, 0.2) is 66.9 Å². The lowest BCUT2D eigenvalue weighted by atomic mass is 10.0. The summed E-state index contributed by atoms with van der Waals surface area (Å²) in [4.78, 5) is 16.5. The topological polar surface area (TPSA) is 42.0 Å². The lowest BCUT2D eigenvalue weighted by Gasteiger charge is -2.13. The average Bonchev–Trinajstić information content (AvgIpc) is 2.68. The van der Waals surface area contributed by atoms with Crippen molar-refractivity contribution < 1.29 is 18.0 Å². The zero-order chi connectivity index (χ0) is 20.1. The molecule has 28 heavy (non-hydrogen) atoms. The summed E-state index contributed by atoms with van der Waals surface area (Å²) in [5.74, 6) is -0.729. The van der Waals surface area contributed by atoms with Crippen molar-refractivity contribution in [2.24, 2.45) is 0 Å². The highest BCUT2D eigenvalue weighted by atomic mass is 19.4. The summed E-state index contributed by atoms with van der Waals surface area (Å²) < 4.78 is 39.1. The third-order valence-corrected chi connectivity index (χ3v) is 4.42. The Kier molecular flexibility index (Phi) is 5.78. The summed E-state index contributed by atoms with van der Waals surface area (Å²) in [5, 5.41) is 2.58. The normalized spacial score (nSPS) is 11.3. The minimum absolute atomic E-state index is 0.237. The first-order valence-corrected chi connectivity index (χ1v) is 8.81. The Balaban J connectivity index is 1.67. The molecule has 3 rings (SSSR count). The number of alkyl halides is 3. The van der Waals surface area contributed by atoms with E-state index >= 15 is 0 Å². The maximum atomic E-state index is 13.0. The van der Waals surface area contributed by atoms with Gasteiger partial charge < -0.3 is 5.32 Å². The van der Waals surface area contributed by atoms with Crippen LogP contribution in [0.4, 0.5) is 13.2 Å². The fraction of sp³-hybridized carbons (Fsp3) is 0.182. The number of hydrogen-bond acceptors (Lipinski definition) is 2. The fourth-order valence-electron chi connectivity index (χ4n) is 3.03. The second kappa shape index (κ2) is 8.25. The van der Waals surface area contributed by atoms with Gasteiger partial charge in [-0.15, -0.1) is 0 Å². The lowest BCUT2D eigenvalue weighted by molar-refractivity contribution is -0.137. The van der Waals surface area contributed by atoms with Gasteiger partial charge in [0.25, 0.3) is 5.91 Å². The van der Waals surface area contributed by atoms with Crippen molar-refractivity contribution in [3.63, 3.8) is 0 Å². The highest BCUT2D eigenvalue weighted by molar-refractivity contribution is 5.95. The van der Waals surface area contributed by atoms with E-state index in [9.17, 15) is 18.0 Å². The van der Waals surface area contributed by atoms with Gasteiger partial charge in [0, 0.05) is 24.0 Å². The summed E-state index contributed by atoms with van der Waals surface area (Å²) >= 11 is 0. The van der Waals surface area contributed by atoms with Gasteiger partial charge in [0.15, 0.2) is 0 Å². The SMILES string of the molecule is Cc1ncccc1-c1cccc(CCNC(=O)c2ccccc2C(F)(F)F)c1. The monoisotopic (exact) mass is 384 g/mol. The quantitative estimate of drug-likeness (QED) is 0.669. The molecule has 0 spiro atoms. The number of halogens is 3. The summed E-state index contributed by atoms with van der Waals surface area (Å²) in [6, 6.07) is 16.5. The fourth-order valence-corrected chi connectivity index (χ4v) is 3.03. The zero-order valence-electron chi connectivity index (χ0n) is 15.3. The molecule has 0 saturated heterocycles. The number of aryl methyl sites for hydroxylation is 1. The first kappa shape index (κ1) is 19.6. The van der Waals surface area contributed by atoms with Crippen molar-refractivity contribution in [2.45, 2.75) is 19.5 Å². The summed E-state index contributed by atoms with van der Waals surface area (Å²) in [6.07, 6.45) is -2.33. The second-order valence-corrected chi connectivity index (χ2v) is 6.39. The van der Waals surface area contributed by atoms with Crippen LogP contribution in [-0.2, 0) is 12.6 Å². The summed E-state index contributed by atoms with van der Waals surface area (Å²) in [7, 11) is 0. The number of nitrogens with zero attached hydrogens (tertiary/aromatic N) is 1. The molecule has 0 aliphatic carbocycles. The third kappa shape index (κ3) is 4.57. The predicted octanol–water partition coefficient (Wildman–Crippen LogP) is 5.05. The maximum Gasteiger partial charge on any atom is 0.417 e. The number of benzene rings is 2. The van der Waals surface area contributed by atoms with Gasteiger partial charge in [0.05, 0.1) is 11.1 Å². The van der Waals surface area contributed by atoms with Gasteiger partial charge in [-0.25, -0.2) is 0 Å². The Morgan fingerprint density at radius 2 is 1.82 bits per heavy atom. The van der Waals surface area contributed by atoms with Crippen LogP contribution in [0.1, 0.15) is 27.2 Å². The van der Waals surface area contributed by atoms with Crippen LogP contribution < -0.4 is 5.32 Å². The van der Waals surface area contributed by atoms with E-state index in [2.05, 4.69) is 10.3 Å². The molecule has 1 heterocycles.